The van der Waals surface area contributed by atoms with E-state index < -0.39 is 0 Å². The molecule has 0 saturated carbocycles. The highest BCUT2D eigenvalue weighted by molar-refractivity contribution is 5.35. The molecule has 2 aromatic rings. The third-order valence-corrected chi connectivity index (χ3v) is 1.94. The molecule has 0 bridgehead atoms. The van der Waals surface area contributed by atoms with Gasteiger partial charge in [0, 0.05) is 12.7 Å². The summed E-state index contributed by atoms with van der Waals surface area (Å²) >= 11 is 0. The number of nitrogens with zero attached hydrogens (tertiary/aromatic N) is 4. The molecule has 1 N–H and O–H groups in total. The molecule has 0 radical (unpaired) electrons. The molecule has 0 unspecified atom stereocenters. The van der Waals surface area contributed by atoms with Crippen molar-refractivity contribution in [2.75, 3.05) is 11.9 Å². The second kappa shape index (κ2) is 4.08. The minimum absolute atomic E-state index is 0.724. The fourth-order valence-corrected chi connectivity index (χ4v) is 1.28. The van der Waals surface area contributed by atoms with E-state index in [9.17, 15) is 0 Å². The normalized spacial score (nSPS) is 10.3. The lowest BCUT2D eigenvalue weighted by Gasteiger charge is -2.04. The molecule has 0 saturated heterocycles. The lowest BCUT2D eigenvalue weighted by molar-refractivity contribution is 0.824. The Bertz CT molecular complexity index is 449. The molecule has 0 aliphatic heterocycles. The van der Waals surface area contributed by atoms with Crippen molar-refractivity contribution in [2.24, 2.45) is 0 Å². The predicted molar refractivity (Wildman–Crippen MR) is 58.1 cm³/mol. The van der Waals surface area contributed by atoms with Crippen LogP contribution in [-0.4, -0.2) is 26.3 Å². The second-order valence-electron chi connectivity index (χ2n) is 3.19. The summed E-state index contributed by atoms with van der Waals surface area (Å²) in [6, 6.07) is 1.93. The molecule has 0 fully saturated rings. The molecule has 0 amide bonds. The molecule has 15 heavy (non-hydrogen) atoms. The van der Waals surface area contributed by atoms with Gasteiger partial charge in [-0.25, -0.2) is 9.67 Å². The largest absolute Gasteiger partial charge is 0.369 e. The predicted octanol–water partition coefficient (Wildman–Crippen LogP) is 1.40. The number of hydrogen-bond acceptors (Lipinski definition) is 4. The van der Waals surface area contributed by atoms with Crippen LogP contribution in [-0.2, 0) is 0 Å². The molecule has 2 heterocycles. The quantitative estimate of drug-likeness (QED) is 0.819. The zero-order chi connectivity index (χ0) is 10.7. The molecule has 5 heteroatoms. The van der Waals surface area contributed by atoms with Gasteiger partial charge < -0.3 is 5.32 Å². The van der Waals surface area contributed by atoms with Crippen LogP contribution in [0.3, 0.4) is 0 Å². The molecular formula is C10H13N5. The van der Waals surface area contributed by atoms with Crippen molar-refractivity contribution < 1.29 is 0 Å². The average molecular weight is 203 g/mol. The topological polar surface area (TPSA) is 55.6 Å². The molecule has 2 rings (SSSR count). The maximum atomic E-state index is 4.37. The Hall–Kier alpha value is -1.91. The highest BCUT2D eigenvalue weighted by Gasteiger charge is 2.01. The van der Waals surface area contributed by atoms with Crippen LogP contribution >= 0.6 is 0 Å². The summed E-state index contributed by atoms with van der Waals surface area (Å²) in [7, 11) is 0. The molecule has 0 aliphatic rings. The number of aryl methyl sites for hydroxylation is 1. The number of hydrogen-bond donors (Lipinski definition) is 1. The average Bonchev–Trinajstić information content (AvgIpc) is 2.66. The maximum absolute atomic E-state index is 4.37. The van der Waals surface area contributed by atoms with Crippen LogP contribution in [0.1, 0.15) is 12.6 Å². The lowest BCUT2D eigenvalue weighted by atomic mass is 10.5. The number of rotatable bonds is 3. The van der Waals surface area contributed by atoms with E-state index in [1.807, 2.05) is 26.1 Å². The Balaban J connectivity index is 2.32. The van der Waals surface area contributed by atoms with Crippen LogP contribution in [0, 0.1) is 6.92 Å². The van der Waals surface area contributed by atoms with Crippen molar-refractivity contribution >= 4 is 5.82 Å². The molecule has 0 aromatic carbocycles. The van der Waals surface area contributed by atoms with E-state index >= 15 is 0 Å². The number of anilines is 1. The van der Waals surface area contributed by atoms with Gasteiger partial charge in [-0.1, -0.05) is 0 Å². The van der Waals surface area contributed by atoms with E-state index in [1.165, 1.54) is 0 Å². The van der Waals surface area contributed by atoms with E-state index in [0.29, 0.717) is 0 Å². The fourth-order valence-electron chi connectivity index (χ4n) is 1.28. The fraction of sp³-hybridized carbons (Fsp3) is 0.300. The zero-order valence-electron chi connectivity index (χ0n) is 8.81. The lowest BCUT2D eigenvalue weighted by Crippen LogP contribution is -2.04. The first-order valence-electron chi connectivity index (χ1n) is 4.88. The molecule has 78 valence electrons. The highest BCUT2D eigenvalue weighted by Crippen LogP contribution is 2.06. The molecule has 0 spiro atoms. The van der Waals surface area contributed by atoms with Crippen LogP contribution in [0.2, 0.25) is 0 Å². The Morgan fingerprint density at radius 1 is 1.40 bits per heavy atom. The number of aromatic nitrogens is 4. The minimum Gasteiger partial charge on any atom is -0.369 e. The Morgan fingerprint density at radius 3 is 2.93 bits per heavy atom. The summed E-state index contributed by atoms with van der Waals surface area (Å²) in [6.45, 7) is 4.79. The van der Waals surface area contributed by atoms with Crippen LogP contribution < -0.4 is 5.32 Å². The summed E-state index contributed by atoms with van der Waals surface area (Å²) in [5.74, 6) is 1.49. The van der Waals surface area contributed by atoms with Gasteiger partial charge in [0.1, 0.15) is 5.82 Å². The number of nitrogens with one attached hydrogen (secondary N) is 1. The summed E-state index contributed by atoms with van der Waals surface area (Å²) in [6.07, 6.45) is 5.26. The Kier molecular flexibility index (Phi) is 2.62. The van der Waals surface area contributed by atoms with Crippen LogP contribution in [0.4, 0.5) is 5.82 Å². The third-order valence-electron chi connectivity index (χ3n) is 1.94. The van der Waals surface area contributed by atoms with Gasteiger partial charge in [0.2, 0.25) is 0 Å². The summed E-state index contributed by atoms with van der Waals surface area (Å²) in [5, 5.41) is 7.38. The van der Waals surface area contributed by atoms with Crippen LogP contribution in [0.15, 0.2) is 24.7 Å². The highest BCUT2D eigenvalue weighted by atomic mass is 15.3. The summed E-state index contributed by atoms with van der Waals surface area (Å²) < 4.78 is 1.71. The van der Waals surface area contributed by atoms with Gasteiger partial charge in [-0.2, -0.15) is 5.10 Å². The van der Waals surface area contributed by atoms with Gasteiger partial charge in [0.25, 0.3) is 0 Å². The minimum atomic E-state index is 0.724. The molecular weight excluding hydrogens is 190 g/mol. The van der Waals surface area contributed by atoms with E-state index in [4.69, 9.17) is 0 Å². The summed E-state index contributed by atoms with van der Waals surface area (Å²) in [4.78, 5) is 8.48. The van der Waals surface area contributed by atoms with Gasteiger partial charge in [-0.15, -0.1) is 0 Å². The van der Waals surface area contributed by atoms with Gasteiger partial charge >= 0.3 is 0 Å². The molecule has 2 aromatic heterocycles. The smallest absolute Gasteiger partial charge is 0.173 e. The van der Waals surface area contributed by atoms with Crippen LogP contribution in [0.5, 0.6) is 0 Å². The third kappa shape index (κ3) is 2.12. The van der Waals surface area contributed by atoms with E-state index in [0.717, 1.165) is 23.9 Å². The zero-order valence-corrected chi connectivity index (χ0v) is 8.81. The van der Waals surface area contributed by atoms with Crippen molar-refractivity contribution in [3.8, 4) is 5.82 Å². The van der Waals surface area contributed by atoms with Crippen molar-refractivity contribution in [1.82, 2.24) is 19.7 Å². The van der Waals surface area contributed by atoms with E-state index in [1.54, 1.807) is 17.1 Å². The Labute approximate surface area is 88.2 Å². The molecule has 0 aliphatic carbocycles. The monoisotopic (exact) mass is 203 g/mol. The van der Waals surface area contributed by atoms with Crippen molar-refractivity contribution in [3.63, 3.8) is 0 Å². The standard InChI is InChI=1S/C10H13N5/c1-3-12-9-6-11-7-10(13-9)15-5-4-8(2)14-15/h4-7H,3H2,1-2H3,(H,12,13). The Morgan fingerprint density at radius 2 is 2.27 bits per heavy atom. The molecule has 5 nitrogen and oxygen atoms in total. The first-order chi connectivity index (χ1) is 7.29. The van der Waals surface area contributed by atoms with Gasteiger partial charge in [-0.3, -0.25) is 4.98 Å². The SMILES string of the molecule is CCNc1cncc(-n2ccc(C)n2)n1. The van der Waals surface area contributed by atoms with E-state index in [-0.39, 0.29) is 0 Å². The van der Waals surface area contributed by atoms with Crippen molar-refractivity contribution in [2.45, 2.75) is 13.8 Å². The van der Waals surface area contributed by atoms with Gasteiger partial charge in [0.15, 0.2) is 5.82 Å². The molecule has 0 atom stereocenters. The van der Waals surface area contributed by atoms with Crippen molar-refractivity contribution in [3.05, 3.63) is 30.4 Å². The van der Waals surface area contributed by atoms with Gasteiger partial charge in [0.05, 0.1) is 18.1 Å². The first kappa shape index (κ1) is 9.64. The maximum Gasteiger partial charge on any atom is 0.173 e. The van der Waals surface area contributed by atoms with Crippen LogP contribution in [0.25, 0.3) is 5.82 Å². The first-order valence-corrected chi connectivity index (χ1v) is 4.88. The second-order valence-corrected chi connectivity index (χ2v) is 3.19. The van der Waals surface area contributed by atoms with Gasteiger partial charge in [-0.05, 0) is 19.9 Å². The summed E-state index contributed by atoms with van der Waals surface area (Å²) in [5.41, 5.74) is 0.964. The van der Waals surface area contributed by atoms with E-state index in [2.05, 4.69) is 20.4 Å². The van der Waals surface area contributed by atoms with Crippen molar-refractivity contribution in [1.29, 1.82) is 0 Å².